The number of aliphatic hydroxyl groups is 1. The van der Waals surface area contributed by atoms with Crippen molar-refractivity contribution >= 4 is 28.6 Å². The van der Waals surface area contributed by atoms with Crippen LogP contribution < -0.4 is 10.6 Å². The van der Waals surface area contributed by atoms with Crippen LogP contribution in [0, 0.1) is 5.82 Å². The van der Waals surface area contributed by atoms with Crippen molar-refractivity contribution in [2.75, 3.05) is 20.1 Å². The number of fused-ring (bicyclic) bond motifs is 2. The maximum absolute atomic E-state index is 14.1. The Hall–Kier alpha value is -2.98. The van der Waals surface area contributed by atoms with Gasteiger partial charge in [-0.05, 0) is 51.1 Å². The monoisotopic (exact) mass is 473 g/mol. The van der Waals surface area contributed by atoms with Crippen LogP contribution in [0.4, 0.5) is 4.39 Å². The Morgan fingerprint density at radius 2 is 1.97 bits per heavy atom. The minimum Gasteiger partial charge on any atom is -0.391 e. The molecule has 2 aliphatic rings. The van der Waals surface area contributed by atoms with Crippen LogP contribution in [0.3, 0.4) is 0 Å². The first-order valence-electron chi connectivity index (χ1n) is 11.6. The molecule has 34 heavy (non-hydrogen) atoms. The zero-order chi connectivity index (χ0) is 24.7. The van der Waals surface area contributed by atoms with Gasteiger partial charge in [0.2, 0.25) is 17.7 Å². The summed E-state index contributed by atoms with van der Waals surface area (Å²) in [5, 5.41) is 16.6. The van der Waals surface area contributed by atoms with Crippen LogP contribution in [-0.2, 0) is 14.4 Å². The zero-order valence-corrected chi connectivity index (χ0v) is 19.8. The van der Waals surface area contributed by atoms with Gasteiger partial charge in [-0.2, -0.15) is 0 Å². The summed E-state index contributed by atoms with van der Waals surface area (Å²) in [6.45, 7) is 5.44. The Balaban J connectivity index is 1.69. The molecule has 4 N–H and O–H groups in total. The van der Waals surface area contributed by atoms with Crippen LogP contribution >= 0.6 is 0 Å². The fraction of sp³-hybridized carbons (Fsp3) is 0.542. The molecule has 3 amide bonds. The molecule has 2 fully saturated rings. The smallest absolute Gasteiger partial charge is 0.248 e. The van der Waals surface area contributed by atoms with E-state index in [9.17, 15) is 23.9 Å². The van der Waals surface area contributed by atoms with E-state index in [1.807, 2.05) is 6.20 Å². The van der Waals surface area contributed by atoms with Gasteiger partial charge < -0.3 is 30.5 Å². The summed E-state index contributed by atoms with van der Waals surface area (Å²) in [5.74, 6) is -1.46. The number of likely N-dealkylation sites (tertiary alicyclic amines) is 2. The Labute approximate surface area is 197 Å². The van der Waals surface area contributed by atoms with Crippen LogP contribution in [0.2, 0.25) is 0 Å². The minimum atomic E-state index is -1.12. The van der Waals surface area contributed by atoms with Crippen molar-refractivity contribution in [3.63, 3.8) is 0 Å². The summed E-state index contributed by atoms with van der Waals surface area (Å²) in [5.41, 5.74) is 1.62. The second-order valence-corrected chi connectivity index (χ2v) is 9.33. The molecule has 10 heteroatoms. The molecule has 2 aliphatic heterocycles. The number of carbonyl (C=O) groups is 3. The summed E-state index contributed by atoms with van der Waals surface area (Å²) in [7, 11) is 1.64. The third kappa shape index (κ3) is 4.16. The molecule has 9 nitrogen and oxygen atoms in total. The number of carbonyl (C=O) groups excluding carboxylic acids is 3. The maximum atomic E-state index is 14.1. The number of amides is 3. The van der Waals surface area contributed by atoms with Crippen LogP contribution in [0.1, 0.15) is 38.7 Å². The molecule has 1 aromatic heterocycles. The number of likely N-dealkylation sites (N-methyl/N-ethyl adjacent to an activating group) is 1. The van der Waals surface area contributed by atoms with Gasteiger partial charge in [0.05, 0.1) is 24.2 Å². The highest BCUT2D eigenvalue weighted by Crippen LogP contribution is 2.43. The van der Waals surface area contributed by atoms with Crippen molar-refractivity contribution in [3.05, 3.63) is 35.8 Å². The SMILES string of the molecule is CN[C@@H](C)C(=O)N[C@H](C(=O)N1CC[C@@H]2[C@H]1[C@@H](c1c[nH]c3ccc(F)cc13)CN2C(C)=O)[C@@H](C)O. The van der Waals surface area contributed by atoms with Gasteiger partial charge in [0.25, 0.3) is 0 Å². The van der Waals surface area contributed by atoms with E-state index in [1.54, 1.807) is 29.8 Å². The van der Waals surface area contributed by atoms with Crippen molar-refractivity contribution in [2.45, 2.75) is 63.4 Å². The van der Waals surface area contributed by atoms with Gasteiger partial charge in [-0.15, -0.1) is 0 Å². The number of rotatable bonds is 6. The average molecular weight is 474 g/mol. The van der Waals surface area contributed by atoms with Crippen molar-refractivity contribution in [1.29, 1.82) is 0 Å². The minimum absolute atomic E-state index is 0.0824. The molecule has 6 atom stereocenters. The second kappa shape index (κ2) is 9.34. The highest BCUT2D eigenvalue weighted by atomic mass is 19.1. The first kappa shape index (κ1) is 24.2. The molecule has 0 saturated carbocycles. The van der Waals surface area contributed by atoms with Crippen molar-refractivity contribution in [3.8, 4) is 0 Å². The van der Waals surface area contributed by atoms with Crippen molar-refractivity contribution < 1.29 is 23.9 Å². The molecular formula is C24H32FN5O4. The molecule has 3 heterocycles. The number of benzene rings is 1. The predicted octanol–water partition coefficient (Wildman–Crippen LogP) is 0.696. The number of aliphatic hydroxyl groups excluding tert-OH is 1. The zero-order valence-electron chi connectivity index (χ0n) is 19.8. The summed E-state index contributed by atoms with van der Waals surface area (Å²) in [6, 6.07) is 2.33. The molecule has 0 bridgehead atoms. The molecular weight excluding hydrogens is 441 g/mol. The maximum Gasteiger partial charge on any atom is 0.248 e. The van der Waals surface area contributed by atoms with E-state index in [-0.39, 0.29) is 35.6 Å². The molecule has 2 aromatic rings. The summed E-state index contributed by atoms with van der Waals surface area (Å²) < 4.78 is 14.1. The molecule has 2 saturated heterocycles. The van der Waals surface area contributed by atoms with Gasteiger partial charge in [0.1, 0.15) is 11.9 Å². The first-order chi connectivity index (χ1) is 16.1. The predicted molar refractivity (Wildman–Crippen MR) is 124 cm³/mol. The lowest BCUT2D eigenvalue weighted by Gasteiger charge is -2.33. The van der Waals surface area contributed by atoms with Gasteiger partial charge in [0.15, 0.2) is 0 Å². The Bertz CT molecular complexity index is 1100. The number of aromatic amines is 1. The lowest BCUT2D eigenvalue weighted by molar-refractivity contribution is -0.140. The Kier molecular flexibility index (Phi) is 6.64. The fourth-order valence-corrected chi connectivity index (χ4v) is 5.38. The number of hydrogen-bond donors (Lipinski definition) is 4. The van der Waals surface area contributed by atoms with E-state index in [0.717, 1.165) is 16.5 Å². The molecule has 0 aliphatic carbocycles. The van der Waals surface area contributed by atoms with Crippen molar-refractivity contribution in [1.82, 2.24) is 25.4 Å². The van der Waals surface area contributed by atoms with Crippen LogP contribution in [0.25, 0.3) is 10.9 Å². The van der Waals surface area contributed by atoms with Gasteiger partial charge >= 0.3 is 0 Å². The summed E-state index contributed by atoms with van der Waals surface area (Å²) in [4.78, 5) is 45.2. The highest BCUT2D eigenvalue weighted by molar-refractivity contribution is 5.91. The van der Waals surface area contributed by atoms with E-state index >= 15 is 0 Å². The number of nitrogens with one attached hydrogen (secondary N) is 3. The van der Waals surface area contributed by atoms with Gasteiger partial charge in [0, 0.05) is 43.0 Å². The first-order valence-corrected chi connectivity index (χ1v) is 11.6. The standard InChI is InChI=1S/C24H32FN5O4/c1-12(26-4)23(33)28-21(13(2)31)24(34)29-8-7-20-22(29)18(11-30(20)14(3)32)17-10-27-19-6-5-15(25)9-16(17)19/h5-6,9-10,12-13,18,20-22,26-27,31H,7-8,11H2,1-4H3,(H,28,33)/t12-,13+,18+,20+,21-,22+/m0/s1. The number of hydrogen-bond acceptors (Lipinski definition) is 5. The van der Waals surface area contributed by atoms with Gasteiger partial charge in [-0.1, -0.05) is 0 Å². The van der Waals surface area contributed by atoms with Crippen molar-refractivity contribution in [2.24, 2.45) is 0 Å². The Morgan fingerprint density at radius 1 is 1.24 bits per heavy atom. The number of H-pyrrole nitrogens is 1. The fourth-order valence-electron chi connectivity index (χ4n) is 5.38. The largest absolute Gasteiger partial charge is 0.391 e. The van der Waals surface area contributed by atoms with E-state index in [1.165, 1.54) is 26.0 Å². The summed E-state index contributed by atoms with van der Waals surface area (Å²) in [6.07, 6.45) is 1.31. The molecule has 0 spiro atoms. The van der Waals surface area contributed by atoms with E-state index in [4.69, 9.17) is 0 Å². The van der Waals surface area contributed by atoms with E-state index in [0.29, 0.717) is 19.5 Å². The highest BCUT2D eigenvalue weighted by Gasteiger charge is 2.53. The topological polar surface area (TPSA) is 118 Å². The third-order valence-electron chi connectivity index (χ3n) is 7.26. The van der Waals surface area contributed by atoms with Crippen LogP contribution in [0.5, 0.6) is 0 Å². The van der Waals surface area contributed by atoms with E-state index in [2.05, 4.69) is 15.6 Å². The molecule has 4 rings (SSSR count). The lowest BCUT2D eigenvalue weighted by Crippen LogP contribution is -2.58. The van der Waals surface area contributed by atoms with Gasteiger partial charge in [-0.3, -0.25) is 14.4 Å². The Morgan fingerprint density at radius 3 is 2.62 bits per heavy atom. The molecule has 1 aromatic carbocycles. The van der Waals surface area contributed by atoms with E-state index < -0.39 is 24.1 Å². The van der Waals surface area contributed by atoms with Gasteiger partial charge in [-0.25, -0.2) is 4.39 Å². The van der Waals surface area contributed by atoms with Crippen LogP contribution in [-0.4, -0.2) is 88.0 Å². The second-order valence-electron chi connectivity index (χ2n) is 9.33. The normalized spacial score (nSPS) is 24.7. The summed E-state index contributed by atoms with van der Waals surface area (Å²) >= 11 is 0. The number of nitrogens with zero attached hydrogens (tertiary/aromatic N) is 2. The third-order valence-corrected chi connectivity index (χ3v) is 7.26. The number of halogens is 1. The molecule has 0 radical (unpaired) electrons. The van der Waals surface area contributed by atoms with Crippen LogP contribution in [0.15, 0.2) is 24.4 Å². The quantitative estimate of drug-likeness (QED) is 0.493. The number of aromatic nitrogens is 1. The lowest BCUT2D eigenvalue weighted by atomic mass is 9.91. The molecule has 0 unspecified atom stereocenters. The molecule has 184 valence electrons. The average Bonchev–Trinajstić information content (AvgIpc) is 3.49.